The van der Waals surface area contributed by atoms with Crippen LogP contribution in [0.4, 0.5) is 21.7 Å². The summed E-state index contributed by atoms with van der Waals surface area (Å²) >= 11 is 0. The van der Waals surface area contributed by atoms with Gasteiger partial charge in [-0.25, -0.2) is 9.37 Å². The van der Waals surface area contributed by atoms with Gasteiger partial charge in [-0.3, -0.25) is 4.90 Å². The van der Waals surface area contributed by atoms with Gasteiger partial charge in [0.2, 0.25) is 5.95 Å². The summed E-state index contributed by atoms with van der Waals surface area (Å²) in [7, 11) is 2.21. The fraction of sp³-hybridized carbons (Fsp3) is 0.370. The number of nitrogens with zero attached hydrogens (tertiary/aromatic N) is 7. The minimum Gasteiger partial charge on any atom is -0.371 e. The van der Waals surface area contributed by atoms with E-state index in [1.54, 1.807) is 35.0 Å². The lowest BCUT2D eigenvalue weighted by atomic mass is 10.0. The second kappa shape index (κ2) is 9.83. The Morgan fingerprint density at radius 2 is 1.61 bits per heavy atom. The number of piperidine rings is 1. The number of anilines is 3. The van der Waals surface area contributed by atoms with E-state index in [1.807, 2.05) is 0 Å². The SMILES string of the molecule is CN1CCN(C2CCN(c3ccc(Nc4nc(-c5ccccc5F)nc5ccnn45)cc3)CC2)CC1. The molecule has 2 aromatic heterocycles. The molecule has 1 N–H and O–H groups in total. The van der Waals surface area contributed by atoms with Crippen LogP contribution in [0.5, 0.6) is 0 Å². The van der Waals surface area contributed by atoms with Crippen LogP contribution in [0, 0.1) is 5.82 Å². The highest BCUT2D eigenvalue weighted by atomic mass is 19.1. The van der Waals surface area contributed by atoms with Gasteiger partial charge in [0, 0.05) is 62.8 Å². The molecule has 8 nitrogen and oxygen atoms in total. The van der Waals surface area contributed by atoms with Crippen molar-refractivity contribution in [3.63, 3.8) is 0 Å². The molecular formula is C27H31FN8. The molecule has 2 saturated heterocycles. The summed E-state index contributed by atoms with van der Waals surface area (Å²) in [6.45, 7) is 6.88. The Morgan fingerprint density at radius 1 is 0.861 bits per heavy atom. The first-order valence-electron chi connectivity index (χ1n) is 12.7. The van der Waals surface area contributed by atoms with Crippen molar-refractivity contribution in [3.05, 3.63) is 66.6 Å². The summed E-state index contributed by atoms with van der Waals surface area (Å²) in [4.78, 5) is 16.6. The van der Waals surface area contributed by atoms with E-state index in [1.165, 1.54) is 50.8 Å². The molecule has 4 heterocycles. The third-order valence-corrected chi connectivity index (χ3v) is 7.38. The average molecular weight is 487 g/mol. The Morgan fingerprint density at radius 3 is 2.36 bits per heavy atom. The van der Waals surface area contributed by atoms with Gasteiger partial charge in [-0.2, -0.15) is 14.6 Å². The van der Waals surface area contributed by atoms with E-state index in [9.17, 15) is 4.39 Å². The molecule has 0 unspecified atom stereocenters. The number of fused-ring (bicyclic) bond motifs is 1. The molecule has 0 radical (unpaired) electrons. The predicted molar refractivity (Wildman–Crippen MR) is 140 cm³/mol. The summed E-state index contributed by atoms with van der Waals surface area (Å²) in [5.41, 5.74) is 3.09. The summed E-state index contributed by atoms with van der Waals surface area (Å²) < 4.78 is 16.0. The molecule has 0 spiro atoms. The Balaban J connectivity index is 1.15. The third-order valence-electron chi connectivity index (χ3n) is 7.38. The van der Waals surface area contributed by atoms with Crippen molar-refractivity contribution in [1.29, 1.82) is 0 Å². The first-order valence-corrected chi connectivity index (χ1v) is 12.7. The summed E-state index contributed by atoms with van der Waals surface area (Å²) in [6.07, 6.45) is 4.08. The molecule has 2 aromatic carbocycles. The normalized spacial score (nSPS) is 18.1. The molecule has 9 heteroatoms. The van der Waals surface area contributed by atoms with E-state index >= 15 is 0 Å². The molecule has 0 aliphatic carbocycles. The van der Waals surface area contributed by atoms with Gasteiger partial charge < -0.3 is 15.1 Å². The zero-order valence-corrected chi connectivity index (χ0v) is 20.5. The molecule has 36 heavy (non-hydrogen) atoms. The second-order valence-electron chi connectivity index (χ2n) is 9.68. The van der Waals surface area contributed by atoms with Gasteiger partial charge in [0.25, 0.3) is 0 Å². The molecule has 0 saturated carbocycles. The van der Waals surface area contributed by atoms with Gasteiger partial charge in [-0.1, -0.05) is 12.1 Å². The lowest BCUT2D eigenvalue weighted by Crippen LogP contribution is -2.52. The zero-order valence-electron chi connectivity index (χ0n) is 20.5. The van der Waals surface area contributed by atoms with Crippen molar-refractivity contribution < 1.29 is 4.39 Å². The van der Waals surface area contributed by atoms with E-state index in [0.717, 1.165) is 18.8 Å². The number of nitrogens with one attached hydrogen (secondary N) is 1. The lowest BCUT2D eigenvalue weighted by Gasteiger charge is -2.42. The maximum Gasteiger partial charge on any atom is 0.232 e. The average Bonchev–Trinajstić information content (AvgIpc) is 3.39. The van der Waals surface area contributed by atoms with Gasteiger partial charge in [0.15, 0.2) is 11.5 Å². The van der Waals surface area contributed by atoms with Crippen LogP contribution in [0.3, 0.4) is 0 Å². The van der Waals surface area contributed by atoms with Crippen LogP contribution in [-0.4, -0.2) is 81.7 Å². The van der Waals surface area contributed by atoms with Crippen molar-refractivity contribution in [2.45, 2.75) is 18.9 Å². The molecule has 0 amide bonds. The number of likely N-dealkylation sites (N-methyl/N-ethyl adjacent to an activating group) is 1. The zero-order chi connectivity index (χ0) is 24.5. The number of aromatic nitrogens is 4. The lowest BCUT2D eigenvalue weighted by molar-refractivity contribution is 0.0982. The Hall–Kier alpha value is -3.56. The van der Waals surface area contributed by atoms with Crippen molar-refractivity contribution in [3.8, 4) is 11.4 Å². The van der Waals surface area contributed by atoms with E-state index in [2.05, 4.69) is 66.4 Å². The smallest absolute Gasteiger partial charge is 0.232 e. The predicted octanol–water partition coefficient (Wildman–Crippen LogP) is 3.89. The van der Waals surface area contributed by atoms with Crippen LogP contribution in [-0.2, 0) is 0 Å². The molecule has 6 rings (SSSR count). The number of hydrogen-bond acceptors (Lipinski definition) is 7. The molecular weight excluding hydrogens is 455 g/mol. The van der Waals surface area contributed by atoms with Gasteiger partial charge in [-0.15, -0.1) is 0 Å². The number of piperazine rings is 1. The minimum atomic E-state index is -0.354. The van der Waals surface area contributed by atoms with Gasteiger partial charge in [0.1, 0.15) is 5.82 Å². The highest BCUT2D eigenvalue weighted by Gasteiger charge is 2.26. The summed E-state index contributed by atoms with van der Waals surface area (Å²) in [5.74, 6) is 0.459. The van der Waals surface area contributed by atoms with Gasteiger partial charge >= 0.3 is 0 Å². The van der Waals surface area contributed by atoms with Gasteiger partial charge in [-0.05, 0) is 56.3 Å². The molecule has 0 bridgehead atoms. The molecule has 2 aliphatic heterocycles. The molecule has 2 aliphatic rings. The standard InChI is InChI=1S/C27H31FN8/c1-33-16-18-35(19-17-33)22-11-14-34(15-12-22)21-8-6-20(7-9-21)30-27-32-26(23-4-2-3-5-24(23)28)31-25-10-13-29-36(25)27/h2-10,13,22H,11-12,14-19H2,1H3,(H,30,31,32). The van der Waals surface area contributed by atoms with E-state index in [-0.39, 0.29) is 5.82 Å². The van der Waals surface area contributed by atoms with Crippen LogP contribution >= 0.6 is 0 Å². The fourth-order valence-electron chi connectivity index (χ4n) is 5.23. The first kappa shape index (κ1) is 22.9. The van der Waals surface area contributed by atoms with Crippen LogP contribution in [0.15, 0.2) is 60.8 Å². The van der Waals surface area contributed by atoms with E-state index in [4.69, 9.17) is 0 Å². The number of halogens is 1. The topological polar surface area (TPSA) is 64.8 Å². The molecule has 4 aromatic rings. The molecule has 2 fully saturated rings. The van der Waals surface area contributed by atoms with E-state index in [0.29, 0.717) is 29.0 Å². The Bertz CT molecular complexity index is 1320. The van der Waals surface area contributed by atoms with Crippen LogP contribution < -0.4 is 10.2 Å². The highest BCUT2D eigenvalue weighted by molar-refractivity contribution is 5.65. The quantitative estimate of drug-likeness (QED) is 0.459. The number of hydrogen-bond donors (Lipinski definition) is 1. The minimum absolute atomic E-state index is 0.323. The largest absolute Gasteiger partial charge is 0.371 e. The summed E-state index contributed by atoms with van der Waals surface area (Å²) in [5, 5.41) is 7.68. The second-order valence-corrected chi connectivity index (χ2v) is 9.68. The highest BCUT2D eigenvalue weighted by Crippen LogP contribution is 2.27. The fourth-order valence-corrected chi connectivity index (χ4v) is 5.23. The van der Waals surface area contributed by atoms with Crippen molar-refractivity contribution in [1.82, 2.24) is 29.4 Å². The number of rotatable bonds is 5. The number of benzene rings is 2. The van der Waals surface area contributed by atoms with Gasteiger partial charge in [0.05, 0.1) is 11.8 Å². The van der Waals surface area contributed by atoms with Crippen molar-refractivity contribution in [2.24, 2.45) is 0 Å². The molecule has 186 valence electrons. The van der Waals surface area contributed by atoms with Crippen LogP contribution in [0.25, 0.3) is 17.0 Å². The van der Waals surface area contributed by atoms with E-state index < -0.39 is 0 Å². The third kappa shape index (κ3) is 4.64. The maximum absolute atomic E-state index is 14.4. The van der Waals surface area contributed by atoms with Crippen LogP contribution in [0.1, 0.15) is 12.8 Å². The first-order chi connectivity index (χ1) is 17.6. The van der Waals surface area contributed by atoms with Crippen LogP contribution in [0.2, 0.25) is 0 Å². The van der Waals surface area contributed by atoms with Crippen molar-refractivity contribution in [2.75, 3.05) is 56.5 Å². The van der Waals surface area contributed by atoms with Crippen molar-refractivity contribution >= 4 is 23.0 Å². The Kier molecular flexibility index (Phi) is 6.25. The molecule has 0 atom stereocenters. The monoisotopic (exact) mass is 486 g/mol. The Labute approximate surface area is 210 Å². The summed E-state index contributed by atoms with van der Waals surface area (Å²) in [6, 6.07) is 17.4. The maximum atomic E-state index is 14.4.